The number of anilines is 1. The van der Waals surface area contributed by atoms with Gasteiger partial charge in [-0.05, 0) is 13.0 Å². The van der Waals surface area contributed by atoms with Crippen LogP contribution < -0.4 is 5.32 Å². The van der Waals surface area contributed by atoms with Crippen LogP contribution in [0.5, 0.6) is 0 Å². The molecule has 0 saturated heterocycles. The van der Waals surface area contributed by atoms with E-state index < -0.39 is 29.5 Å². The number of halogens is 4. The number of esters is 1. The summed E-state index contributed by atoms with van der Waals surface area (Å²) < 4.78 is 46.7. The normalized spacial score (nSPS) is 17.1. The minimum Gasteiger partial charge on any atom is -0.463 e. The molecule has 10 heteroatoms. The molecule has 1 N–H and O–H groups in total. The van der Waals surface area contributed by atoms with Gasteiger partial charge in [0.1, 0.15) is 18.1 Å². The van der Waals surface area contributed by atoms with Gasteiger partial charge in [-0.15, -0.1) is 0 Å². The molecule has 132 valence electrons. The Labute approximate surface area is 145 Å². The largest absolute Gasteiger partial charge is 0.463 e. The van der Waals surface area contributed by atoms with Gasteiger partial charge in [0.25, 0.3) is 0 Å². The highest BCUT2D eigenvalue weighted by molar-refractivity contribution is 6.31. The van der Waals surface area contributed by atoms with Crippen molar-refractivity contribution < 1.29 is 22.7 Å². The number of alkyl halides is 3. The first-order valence-corrected chi connectivity index (χ1v) is 7.61. The lowest BCUT2D eigenvalue weighted by Crippen LogP contribution is -2.35. The Bertz CT molecular complexity index is 847. The van der Waals surface area contributed by atoms with Crippen molar-refractivity contribution in [1.29, 1.82) is 0 Å². The fourth-order valence-electron chi connectivity index (χ4n) is 2.60. The van der Waals surface area contributed by atoms with E-state index >= 15 is 0 Å². The lowest BCUT2D eigenvalue weighted by Gasteiger charge is -2.30. The average Bonchev–Trinajstić information content (AvgIpc) is 3.01. The second-order valence-electron chi connectivity index (χ2n) is 5.08. The molecule has 0 amide bonds. The molecule has 0 unspecified atom stereocenters. The number of carbonyl (C=O) groups is 1. The Hall–Kier alpha value is -2.55. The van der Waals surface area contributed by atoms with E-state index in [1.807, 2.05) is 0 Å². The molecule has 3 rings (SSSR count). The van der Waals surface area contributed by atoms with E-state index in [4.69, 9.17) is 16.3 Å². The number of aromatic nitrogens is 3. The number of ether oxygens (including phenoxy) is 1. The zero-order chi connectivity index (χ0) is 18.2. The molecule has 1 aliphatic heterocycles. The number of hydrogen-bond acceptors (Lipinski definition) is 5. The van der Waals surface area contributed by atoms with Crippen molar-refractivity contribution in [3.63, 3.8) is 0 Å². The van der Waals surface area contributed by atoms with Gasteiger partial charge in [0.15, 0.2) is 0 Å². The monoisotopic (exact) mass is 372 g/mol. The number of fused-ring (bicyclic) bond motifs is 1. The number of nitrogens with zero attached hydrogens (tertiary/aromatic N) is 3. The van der Waals surface area contributed by atoms with Gasteiger partial charge in [-0.2, -0.15) is 23.3 Å². The van der Waals surface area contributed by atoms with Crippen LogP contribution in [0, 0.1) is 0 Å². The van der Waals surface area contributed by atoms with Crippen LogP contribution >= 0.6 is 11.6 Å². The summed E-state index contributed by atoms with van der Waals surface area (Å²) in [5.41, 5.74) is -1.58. The highest BCUT2D eigenvalue weighted by Gasteiger charge is 2.46. The molecule has 1 aliphatic rings. The number of rotatable bonds is 3. The molecule has 0 spiro atoms. The molecule has 1 atom stereocenters. The molecular formula is C15H12ClF3N4O2. The molecule has 0 saturated carbocycles. The van der Waals surface area contributed by atoms with E-state index in [1.165, 1.54) is 23.7 Å². The number of nitrogens with one attached hydrogen (secondary N) is 1. The highest BCUT2D eigenvalue weighted by Crippen LogP contribution is 2.42. The molecule has 25 heavy (non-hydrogen) atoms. The second-order valence-corrected chi connectivity index (χ2v) is 5.49. The van der Waals surface area contributed by atoms with Crippen molar-refractivity contribution in [3.05, 3.63) is 52.4 Å². The van der Waals surface area contributed by atoms with Gasteiger partial charge in [0, 0.05) is 10.6 Å². The molecular weight excluding hydrogens is 361 g/mol. The van der Waals surface area contributed by atoms with Crippen molar-refractivity contribution >= 4 is 23.5 Å². The standard InChI is InChI=1S/C15H12ClF3N4O2/c1-2-25-13(24)10-11(8-5-3-4-6-9(8)16)23-14(20-7-21-23)22-12(10)15(17,18)19/h3-7,11H,2H2,1H3,(H,20,21,22)/t11-/m0/s1. The average molecular weight is 373 g/mol. The molecule has 2 aromatic rings. The summed E-state index contributed by atoms with van der Waals surface area (Å²) >= 11 is 6.16. The van der Waals surface area contributed by atoms with Crippen molar-refractivity contribution in [2.45, 2.75) is 19.1 Å². The SMILES string of the molecule is CCOC(=O)C1=C(C(F)(F)F)Nc2ncnn2[C@H]1c1ccccc1Cl. The number of benzene rings is 1. The Morgan fingerprint density at radius 1 is 1.40 bits per heavy atom. The number of allylic oxidation sites excluding steroid dienone is 1. The maximum atomic E-state index is 13.6. The van der Waals surface area contributed by atoms with E-state index in [2.05, 4.69) is 15.4 Å². The minimum absolute atomic E-state index is 0.0765. The van der Waals surface area contributed by atoms with Crippen LogP contribution in [-0.2, 0) is 9.53 Å². The number of hydrogen-bond donors (Lipinski definition) is 1. The first-order valence-electron chi connectivity index (χ1n) is 7.24. The van der Waals surface area contributed by atoms with Gasteiger partial charge in [-0.25, -0.2) is 9.48 Å². The van der Waals surface area contributed by atoms with Crippen LogP contribution in [0.15, 0.2) is 41.9 Å². The van der Waals surface area contributed by atoms with Crippen molar-refractivity contribution in [1.82, 2.24) is 14.8 Å². The molecule has 6 nitrogen and oxygen atoms in total. The third-order valence-electron chi connectivity index (χ3n) is 3.58. The van der Waals surface area contributed by atoms with Gasteiger partial charge in [-0.3, -0.25) is 0 Å². The lowest BCUT2D eigenvalue weighted by atomic mass is 9.95. The maximum Gasteiger partial charge on any atom is 0.431 e. The predicted molar refractivity (Wildman–Crippen MR) is 82.9 cm³/mol. The van der Waals surface area contributed by atoms with Gasteiger partial charge < -0.3 is 10.1 Å². The third kappa shape index (κ3) is 3.07. The van der Waals surface area contributed by atoms with Gasteiger partial charge in [0.05, 0.1) is 12.2 Å². The maximum absolute atomic E-state index is 13.6. The smallest absolute Gasteiger partial charge is 0.431 e. The Balaban J connectivity index is 2.28. The quantitative estimate of drug-likeness (QED) is 0.837. The number of carbonyl (C=O) groups excluding carboxylic acids is 1. The van der Waals surface area contributed by atoms with Crippen LogP contribution in [0.3, 0.4) is 0 Å². The van der Waals surface area contributed by atoms with E-state index in [-0.39, 0.29) is 23.1 Å². The highest BCUT2D eigenvalue weighted by atomic mass is 35.5. The zero-order valence-electron chi connectivity index (χ0n) is 12.8. The second kappa shape index (κ2) is 6.40. The van der Waals surface area contributed by atoms with Gasteiger partial charge in [-0.1, -0.05) is 29.8 Å². The van der Waals surface area contributed by atoms with Crippen LogP contribution in [0.4, 0.5) is 19.1 Å². The van der Waals surface area contributed by atoms with Crippen molar-refractivity contribution in [2.75, 3.05) is 11.9 Å². The molecule has 2 heterocycles. The fourth-order valence-corrected chi connectivity index (χ4v) is 2.84. The van der Waals surface area contributed by atoms with E-state index in [1.54, 1.807) is 12.1 Å². The zero-order valence-corrected chi connectivity index (χ0v) is 13.6. The van der Waals surface area contributed by atoms with Crippen molar-refractivity contribution in [3.8, 4) is 0 Å². The summed E-state index contributed by atoms with van der Waals surface area (Å²) in [6.07, 6.45) is -3.73. The van der Waals surface area contributed by atoms with Gasteiger partial charge >= 0.3 is 12.1 Å². The van der Waals surface area contributed by atoms with Gasteiger partial charge in [0.2, 0.25) is 5.95 Å². The van der Waals surface area contributed by atoms with E-state index in [0.717, 1.165) is 6.33 Å². The van der Waals surface area contributed by atoms with Crippen LogP contribution in [0.1, 0.15) is 18.5 Å². The lowest BCUT2D eigenvalue weighted by molar-refractivity contribution is -0.140. The third-order valence-corrected chi connectivity index (χ3v) is 3.92. The first kappa shape index (κ1) is 17.3. The topological polar surface area (TPSA) is 69.0 Å². The fraction of sp³-hybridized carbons (Fsp3) is 0.267. The van der Waals surface area contributed by atoms with Crippen LogP contribution in [-0.4, -0.2) is 33.5 Å². The summed E-state index contributed by atoms with van der Waals surface area (Å²) in [6.45, 7) is 1.43. The molecule has 0 bridgehead atoms. The molecule has 1 aromatic carbocycles. The first-order chi connectivity index (χ1) is 11.8. The molecule has 1 aromatic heterocycles. The van der Waals surface area contributed by atoms with Crippen LogP contribution in [0.25, 0.3) is 0 Å². The van der Waals surface area contributed by atoms with Crippen LogP contribution in [0.2, 0.25) is 5.02 Å². The molecule has 0 radical (unpaired) electrons. The summed E-state index contributed by atoms with van der Waals surface area (Å²) in [6, 6.07) is 5.06. The Morgan fingerprint density at radius 3 is 2.76 bits per heavy atom. The predicted octanol–water partition coefficient (Wildman–Crippen LogP) is 3.33. The van der Waals surface area contributed by atoms with E-state index in [9.17, 15) is 18.0 Å². The molecule has 0 fully saturated rings. The molecule has 0 aliphatic carbocycles. The summed E-state index contributed by atoms with van der Waals surface area (Å²) in [4.78, 5) is 16.1. The minimum atomic E-state index is -4.82. The van der Waals surface area contributed by atoms with E-state index in [0.29, 0.717) is 0 Å². The Morgan fingerprint density at radius 2 is 2.12 bits per heavy atom. The summed E-state index contributed by atoms with van der Waals surface area (Å²) in [5.74, 6) is -1.25. The summed E-state index contributed by atoms with van der Waals surface area (Å²) in [5, 5.41) is 6.26. The summed E-state index contributed by atoms with van der Waals surface area (Å²) in [7, 11) is 0. The van der Waals surface area contributed by atoms with Crippen molar-refractivity contribution in [2.24, 2.45) is 0 Å². The Kier molecular flexibility index (Phi) is 4.42.